The molecule has 3 nitrogen and oxygen atoms in total. The van der Waals surface area contributed by atoms with E-state index in [1.165, 1.54) is 6.20 Å². The van der Waals surface area contributed by atoms with Gasteiger partial charge in [-0.3, -0.25) is 10.4 Å². The highest BCUT2D eigenvalue weighted by atomic mass is 32.2. The van der Waals surface area contributed by atoms with Gasteiger partial charge in [-0.15, -0.1) is 5.23 Å². The van der Waals surface area contributed by atoms with Crippen molar-refractivity contribution in [3.8, 4) is 0 Å². The summed E-state index contributed by atoms with van der Waals surface area (Å²) >= 11 is 1.77. The topological polar surface area (TPSA) is 43.7 Å². The van der Waals surface area contributed by atoms with E-state index in [2.05, 4.69) is 0 Å². The lowest BCUT2D eigenvalue weighted by atomic mass is 10.4. The Morgan fingerprint density at radius 1 is 1.50 bits per heavy atom. The Morgan fingerprint density at radius 2 is 2.12 bits per heavy atom. The van der Waals surface area contributed by atoms with Crippen molar-refractivity contribution in [2.45, 2.75) is 0 Å². The molecular formula is C4H7NO2S. The maximum Gasteiger partial charge on any atom is 0.0590 e. The first kappa shape index (κ1) is 5.94. The first-order valence-corrected chi connectivity index (χ1v) is 3.39. The Kier molecular flexibility index (Phi) is 1.77. The molecule has 0 aromatic carbocycles. The van der Waals surface area contributed by atoms with Crippen LogP contribution in [0.1, 0.15) is 0 Å². The van der Waals surface area contributed by atoms with Crippen molar-refractivity contribution in [1.29, 1.82) is 0 Å². The van der Waals surface area contributed by atoms with Gasteiger partial charge in [0.25, 0.3) is 0 Å². The molecule has 0 aromatic heterocycles. The smallest absolute Gasteiger partial charge is 0.0590 e. The molecule has 0 saturated carbocycles. The predicted octanol–water partition coefficient (Wildman–Crippen LogP) is 0.698. The molecular weight excluding hydrogens is 126 g/mol. The molecule has 1 aliphatic rings. The van der Waals surface area contributed by atoms with Gasteiger partial charge in [-0.05, 0) is 5.57 Å². The van der Waals surface area contributed by atoms with Gasteiger partial charge >= 0.3 is 0 Å². The van der Waals surface area contributed by atoms with Gasteiger partial charge in [-0.2, -0.15) is 11.8 Å². The van der Waals surface area contributed by atoms with Crippen LogP contribution in [-0.4, -0.2) is 27.1 Å². The van der Waals surface area contributed by atoms with Gasteiger partial charge in [0.05, 0.1) is 6.20 Å². The molecule has 2 N–H and O–H groups in total. The van der Waals surface area contributed by atoms with Crippen molar-refractivity contribution in [3.63, 3.8) is 0 Å². The van der Waals surface area contributed by atoms with Gasteiger partial charge in [-0.25, -0.2) is 0 Å². The lowest BCUT2D eigenvalue weighted by Gasteiger charge is -2.16. The van der Waals surface area contributed by atoms with Crippen LogP contribution < -0.4 is 0 Å². The quantitative estimate of drug-likeness (QED) is 0.517. The van der Waals surface area contributed by atoms with Crippen molar-refractivity contribution >= 4 is 11.8 Å². The molecule has 1 fully saturated rings. The van der Waals surface area contributed by atoms with Crippen LogP contribution in [0.15, 0.2) is 11.8 Å². The minimum Gasteiger partial charge on any atom is -0.264 e. The Balaban J connectivity index is 2.30. The number of hydrogen-bond acceptors (Lipinski definition) is 4. The molecule has 0 radical (unpaired) electrons. The van der Waals surface area contributed by atoms with Gasteiger partial charge in [0, 0.05) is 11.5 Å². The van der Waals surface area contributed by atoms with E-state index >= 15 is 0 Å². The zero-order chi connectivity index (χ0) is 5.98. The van der Waals surface area contributed by atoms with Crippen LogP contribution in [0.3, 0.4) is 0 Å². The minimum absolute atomic E-state index is 0.106. The monoisotopic (exact) mass is 133 g/mol. The summed E-state index contributed by atoms with van der Waals surface area (Å²) in [5, 5.41) is 16.5. The fourth-order valence-electron chi connectivity index (χ4n) is 0.458. The van der Waals surface area contributed by atoms with E-state index < -0.39 is 0 Å². The lowest BCUT2D eigenvalue weighted by Crippen LogP contribution is -2.11. The van der Waals surface area contributed by atoms with Gasteiger partial charge in [0.1, 0.15) is 0 Å². The van der Waals surface area contributed by atoms with Crippen molar-refractivity contribution in [2.75, 3.05) is 11.5 Å². The summed E-state index contributed by atoms with van der Waals surface area (Å²) in [5.41, 5.74) is 1.07. The molecule has 46 valence electrons. The maximum atomic E-state index is 8.19. The zero-order valence-corrected chi connectivity index (χ0v) is 5.06. The van der Waals surface area contributed by atoms with E-state index in [0.717, 1.165) is 17.1 Å². The van der Waals surface area contributed by atoms with E-state index in [4.69, 9.17) is 10.4 Å². The third kappa shape index (κ3) is 1.40. The Bertz CT molecular complexity index is 107. The van der Waals surface area contributed by atoms with Gasteiger partial charge in [0.2, 0.25) is 0 Å². The highest BCUT2D eigenvalue weighted by Crippen LogP contribution is 2.22. The molecule has 1 saturated heterocycles. The van der Waals surface area contributed by atoms with Crippen LogP contribution in [0.5, 0.6) is 0 Å². The van der Waals surface area contributed by atoms with Crippen molar-refractivity contribution in [1.82, 2.24) is 5.23 Å². The van der Waals surface area contributed by atoms with E-state index in [1.54, 1.807) is 11.8 Å². The Labute approximate surface area is 51.5 Å². The fourth-order valence-corrected chi connectivity index (χ4v) is 1.05. The third-order valence-electron chi connectivity index (χ3n) is 0.873. The fraction of sp³-hybridized carbons (Fsp3) is 0.500. The van der Waals surface area contributed by atoms with Gasteiger partial charge in [0.15, 0.2) is 0 Å². The highest BCUT2D eigenvalue weighted by molar-refractivity contribution is 8.01. The SMILES string of the molecule is ON(O)C=C1CSC1. The Hall–Kier alpha value is -0.190. The second kappa shape index (κ2) is 2.39. The molecule has 1 rings (SSSR count). The second-order valence-electron chi connectivity index (χ2n) is 1.60. The summed E-state index contributed by atoms with van der Waals surface area (Å²) < 4.78 is 0. The summed E-state index contributed by atoms with van der Waals surface area (Å²) in [5.74, 6) is 1.86. The second-order valence-corrected chi connectivity index (χ2v) is 2.59. The summed E-state index contributed by atoms with van der Waals surface area (Å²) in [6.45, 7) is 0. The third-order valence-corrected chi connectivity index (χ3v) is 2.02. The summed E-state index contributed by atoms with van der Waals surface area (Å²) in [7, 11) is 0. The van der Waals surface area contributed by atoms with Crippen LogP contribution >= 0.6 is 11.8 Å². The predicted molar refractivity (Wildman–Crippen MR) is 30.8 cm³/mol. The molecule has 8 heavy (non-hydrogen) atoms. The van der Waals surface area contributed by atoms with Gasteiger partial charge < -0.3 is 0 Å². The number of rotatable bonds is 1. The first-order chi connectivity index (χ1) is 3.79. The average molecular weight is 133 g/mol. The highest BCUT2D eigenvalue weighted by Gasteiger charge is 2.08. The molecule has 0 amide bonds. The first-order valence-electron chi connectivity index (χ1n) is 2.23. The molecule has 0 bridgehead atoms. The molecule has 0 atom stereocenters. The van der Waals surface area contributed by atoms with Crippen LogP contribution in [0.2, 0.25) is 0 Å². The normalized spacial score (nSPS) is 17.5. The summed E-state index contributed by atoms with van der Waals surface area (Å²) in [6.07, 6.45) is 1.32. The number of hydrogen-bond donors (Lipinski definition) is 2. The maximum absolute atomic E-state index is 8.19. The van der Waals surface area contributed by atoms with Crippen LogP contribution in [0.25, 0.3) is 0 Å². The lowest BCUT2D eigenvalue weighted by molar-refractivity contribution is -0.267. The minimum atomic E-state index is 0.106. The number of nitrogens with zero attached hydrogens (tertiary/aromatic N) is 1. The Morgan fingerprint density at radius 3 is 2.25 bits per heavy atom. The zero-order valence-electron chi connectivity index (χ0n) is 4.24. The largest absolute Gasteiger partial charge is 0.264 e. The van der Waals surface area contributed by atoms with Crippen molar-refractivity contribution < 1.29 is 10.4 Å². The summed E-state index contributed by atoms with van der Waals surface area (Å²) in [4.78, 5) is 0. The van der Waals surface area contributed by atoms with E-state index in [1.807, 2.05) is 0 Å². The van der Waals surface area contributed by atoms with Crippen LogP contribution in [0.4, 0.5) is 0 Å². The summed E-state index contributed by atoms with van der Waals surface area (Å²) in [6, 6.07) is 0. The van der Waals surface area contributed by atoms with E-state index in [0.29, 0.717) is 0 Å². The molecule has 1 heterocycles. The number of thioether (sulfide) groups is 1. The molecule has 1 aliphatic heterocycles. The molecule has 0 aromatic rings. The van der Waals surface area contributed by atoms with E-state index in [-0.39, 0.29) is 5.23 Å². The van der Waals surface area contributed by atoms with Crippen LogP contribution in [-0.2, 0) is 0 Å². The van der Waals surface area contributed by atoms with Crippen LogP contribution in [0, 0.1) is 0 Å². The standard InChI is InChI=1S/C4H7NO2S/c6-5(7)1-4-2-8-3-4/h1,6-7H,2-3H2. The number of hydroxylamine groups is 2. The molecule has 0 spiro atoms. The molecule has 0 unspecified atom stereocenters. The van der Waals surface area contributed by atoms with Crippen molar-refractivity contribution in [3.05, 3.63) is 11.8 Å². The molecule has 0 aliphatic carbocycles. The van der Waals surface area contributed by atoms with E-state index in [9.17, 15) is 0 Å². The van der Waals surface area contributed by atoms with Crippen molar-refractivity contribution in [2.24, 2.45) is 0 Å². The van der Waals surface area contributed by atoms with Gasteiger partial charge in [-0.1, -0.05) is 0 Å². The average Bonchev–Trinajstić information content (AvgIpc) is 1.55. The molecule has 4 heteroatoms.